The summed E-state index contributed by atoms with van der Waals surface area (Å²) in [4.78, 5) is 17.0. The number of halogens is 1. The average Bonchev–Trinajstić information content (AvgIpc) is 2.87. The Morgan fingerprint density at radius 3 is 2.68 bits per heavy atom. The molecule has 0 saturated carbocycles. The summed E-state index contributed by atoms with van der Waals surface area (Å²) in [6.07, 6.45) is 0.921. The summed E-state index contributed by atoms with van der Waals surface area (Å²) in [5.74, 6) is 0.101. The Hall–Kier alpha value is -2.32. The van der Waals surface area contributed by atoms with Crippen molar-refractivity contribution < 1.29 is 4.79 Å². The van der Waals surface area contributed by atoms with E-state index in [9.17, 15) is 4.79 Å². The summed E-state index contributed by atoms with van der Waals surface area (Å²) in [5.41, 5.74) is 3.57. The summed E-state index contributed by atoms with van der Waals surface area (Å²) in [5, 5.41) is 9.00. The molecular formula is C20H20BrN3O. The van der Waals surface area contributed by atoms with E-state index in [-0.39, 0.29) is 5.91 Å². The van der Waals surface area contributed by atoms with Crippen LogP contribution in [0, 0.1) is 18.3 Å². The lowest BCUT2D eigenvalue weighted by Crippen LogP contribution is -2.35. The minimum atomic E-state index is 0.101. The predicted octanol–water partition coefficient (Wildman–Crippen LogP) is 3.98. The molecule has 1 fully saturated rings. The first kappa shape index (κ1) is 17.5. The van der Waals surface area contributed by atoms with Crippen molar-refractivity contribution in [1.82, 2.24) is 4.90 Å². The molecule has 0 aliphatic carbocycles. The maximum atomic E-state index is 12.8. The minimum absolute atomic E-state index is 0.101. The van der Waals surface area contributed by atoms with Crippen LogP contribution in [0.3, 0.4) is 0 Å². The zero-order valence-corrected chi connectivity index (χ0v) is 15.8. The van der Waals surface area contributed by atoms with Gasteiger partial charge in [0.1, 0.15) is 0 Å². The molecule has 1 heterocycles. The summed E-state index contributed by atoms with van der Waals surface area (Å²) in [6, 6.07) is 15.6. The van der Waals surface area contributed by atoms with Gasteiger partial charge in [-0.25, -0.2) is 0 Å². The van der Waals surface area contributed by atoms with Crippen LogP contribution in [0.2, 0.25) is 0 Å². The highest BCUT2D eigenvalue weighted by atomic mass is 79.9. The minimum Gasteiger partial charge on any atom is -0.369 e. The van der Waals surface area contributed by atoms with E-state index in [0.717, 1.165) is 47.3 Å². The third kappa shape index (κ3) is 4.02. The normalized spacial score (nSPS) is 14.8. The Bertz CT molecular complexity index is 828. The van der Waals surface area contributed by atoms with Gasteiger partial charge in [-0.1, -0.05) is 17.7 Å². The monoisotopic (exact) mass is 397 g/mol. The molecule has 0 unspecified atom stereocenters. The van der Waals surface area contributed by atoms with Crippen LogP contribution >= 0.6 is 15.9 Å². The SMILES string of the molecule is Cc1cccc(C(=O)N2CCCN(c3ccc(C#N)cc3Br)CC2)c1. The van der Waals surface area contributed by atoms with Gasteiger partial charge in [-0.05, 0) is 59.6 Å². The van der Waals surface area contributed by atoms with E-state index in [1.54, 1.807) is 0 Å². The Morgan fingerprint density at radius 2 is 1.96 bits per heavy atom. The molecule has 0 N–H and O–H groups in total. The molecule has 25 heavy (non-hydrogen) atoms. The molecular weight excluding hydrogens is 378 g/mol. The van der Waals surface area contributed by atoms with E-state index in [1.807, 2.05) is 54.3 Å². The fourth-order valence-electron chi connectivity index (χ4n) is 3.16. The largest absolute Gasteiger partial charge is 0.369 e. The Balaban J connectivity index is 1.72. The quantitative estimate of drug-likeness (QED) is 0.769. The maximum Gasteiger partial charge on any atom is 0.253 e. The number of nitrogens with zero attached hydrogens (tertiary/aromatic N) is 3. The van der Waals surface area contributed by atoms with E-state index in [0.29, 0.717) is 12.1 Å². The van der Waals surface area contributed by atoms with Crippen molar-refractivity contribution in [2.24, 2.45) is 0 Å². The average molecular weight is 398 g/mol. The van der Waals surface area contributed by atoms with Crippen LogP contribution < -0.4 is 4.90 Å². The molecule has 2 aromatic rings. The molecule has 1 amide bonds. The van der Waals surface area contributed by atoms with Crippen molar-refractivity contribution >= 4 is 27.5 Å². The molecule has 5 heteroatoms. The van der Waals surface area contributed by atoms with Crippen molar-refractivity contribution in [2.45, 2.75) is 13.3 Å². The zero-order chi connectivity index (χ0) is 17.8. The first-order valence-corrected chi connectivity index (χ1v) is 9.18. The molecule has 0 bridgehead atoms. The van der Waals surface area contributed by atoms with Crippen molar-refractivity contribution in [1.29, 1.82) is 5.26 Å². The van der Waals surface area contributed by atoms with Crippen molar-refractivity contribution in [3.05, 3.63) is 63.6 Å². The second-order valence-corrected chi connectivity index (χ2v) is 7.13. The lowest BCUT2D eigenvalue weighted by atomic mass is 10.1. The fraction of sp³-hybridized carbons (Fsp3) is 0.300. The van der Waals surface area contributed by atoms with Crippen LogP contribution in [-0.2, 0) is 0 Å². The van der Waals surface area contributed by atoms with Crippen molar-refractivity contribution in [2.75, 3.05) is 31.1 Å². The number of carbonyl (C=O) groups excluding carboxylic acids is 1. The third-order valence-corrected chi connectivity index (χ3v) is 5.10. The lowest BCUT2D eigenvalue weighted by Gasteiger charge is -2.25. The molecule has 1 aliphatic heterocycles. The van der Waals surface area contributed by atoms with Gasteiger partial charge >= 0.3 is 0 Å². The lowest BCUT2D eigenvalue weighted by molar-refractivity contribution is 0.0767. The highest BCUT2D eigenvalue weighted by Crippen LogP contribution is 2.28. The van der Waals surface area contributed by atoms with Gasteiger partial charge in [-0.15, -0.1) is 0 Å². The molecule has 0 radical (unpaired) electrons. The standard InChI is InChI=1S/C20H20BrN3O/c1-15-4-2-5-17(12-15)20(25)24-9-3-8-23(10-11-24)19-7-6-16(14-22)13-18(19)21/h2,4-7,12-13H,3,8-11H2,1H3. The van der Waals surface area contributed by atoms with E-state index >= 15 is 0 Å². The topological polar surface area (TPSA) is 47.3 Å². The van der Waals surface area contributed by atoms with E-state index in [4.69, 9.17) is 5.26 Å². The van der Waals surface area contributed by atoms with Crippen LogP contribution in [0.1, 0.15) is 27.9 Å². The molecule has 1 aliphatic rings. The number of rotatable bonds is 2. The second-order valence-electron chi connectivity index (χ2n) is 6.28. The van der Waals surface area contributed by atoms with E-state index < -0.39 is 0 Å². The van der Waals surface area contributed by atoms with Gasteiger partial charge in [-0.2, -0.15) is 5.26 Å². The van der Waals surface area contributed by atoms with Crippen LogP contribution in [0.25, 0.3) is 0 Å². The fourth-order valence-corrected chi connectivity index (χ4v) is 3.78. The molecule has 0 aromatic heterocycles. The molecule has 1 saturated heterocycles. The summed E-state index contributed by atoms with van der Waals surface area (Å²) >= 11 is 3.56. The summed E-state index contributed by atoms with van der Waals surface area (Å²) in [6.45, 7) is 5.13. The van der Waals surface area contributed by atoms with E-state index in [2.05, 4.69) is 26.9 Å². The predicted molar refractivity (Wildman–Crippen MR) is 103 cm³/mol. The molecule has 2 aromatic carbocycles. The molecule has 3 rings (SSSR count). The number of aryl methyl sites for hydroxylation is 1. The molecule has 0 spiro atoms. The number of hydrogen-bond donors (Lipinski definition) is 0. The molecule has 0 atom stereocenters. The highest BCUT2D eigenvalue weighted by molar-refractivity contribution is 9.10. The first-order chi connectivity index (χ1) is 12.1. The number of nitriles is 1. The van der Waals surface area contributed by atoms with Crippen molar-refractivity contribution in [3.63, 3.8) is 0 Å². The number of benzene rings is 2. The van der Waals surface area contributed by atoms with Crippen LogP contribution in [0.4, 0.5) is 5.69 Å². The number of hydrogen-bond acceptors (Lipinski definition) is 3. The van der Waals surface area contributed by atoms with Crippen LogP contribution in [0.5, 0.6) is 0 Å². The number of carbonyl (C=O) groups is 1. The Morgan fingerprint density at radius 1 is 1.12 bits per heavy atom. The van der Waals surface area contributed by atoms with Gasteiger partial charge in [-0.3, -0.25) is 4.79 Å². The Labute approximate surface area is 156 Å². The van der Waals surface area contributed by atoms with Gasteiger partial charge in [0.15, 0.2) is 0 Å². The number of amides is 1. The highest BCUT2D eigenvalue weighted by Gasteiger charge is 2.21. The maximum absolute atomic E-state index is 12.8. The third-order valence-electron chi connectivity index (χ3n) is 4.47. The van der Waals surface area contributed by atoms with Gasteiger partial charge in [0.25, 0.3) is 5.91 Å². The first-order valence-electron chi connectivity index (χ1n) is 8.39. The Kier molecular flexibility index (Phi) is 5.40. The molecule has 128 valence electrons. The summed E-state index contributed by atoms with van der Waals surface area (Å²) < 4.78 is 0.921. The van der Waals surface area contributed by atoms with Gasteiger partial charge < -0.3 is 9.80 Å². The smallest absolute Gasteiger partial charge is 0.253 e. The van der Waals surface area contributed by atoms with Crippen LogP contribution in [-0.4, -0.2) is 37.0 Å². The second kappa shape index (κ2) is 7.71. The van der Waals surface area contributed by atoms with Crippen molar-refractivity contribution in [3.8, 4) is 6.07 Å². The number of anilines is 1. The van der Waals surface area contributed by atoms with E-state index in [1.165, 1.54) is 0 Å². The van der Waals surface area contributed by atoms with Crippen LogP contribution in [0.15, 0.2) is 46.9 Å². The summed E-state index contributed by atoms with van der Waals surface area (Å²) in [7, 11) is 0. The van der Waals surface area contributed by atoms with Gasteiger partial charge in [0.05, 0.1) is 17.3 Å². The molecule has 4 nitrogen and oxygen atoms in total. The van der Waals surface area contributed by atoms with Gasteiger partial charge in [0, 0.05) is 36.2 Å². The zero-order valence-electron chi connectivity index (χ0n) is 14.2. The van der Waals surface area contributed by atoms with Gasteiger partial charge in [0.2, 0.25) is 0 Å².